The van der Waals surface area contributed by atoms with Gasteiger partial charge in [-0.05, 0) is 43.9 Å². The van der Waals surface area contributed by atoms with E-state index in [9.17, 15) is 27.6 Å². The minimum atomic E-state index is -5.13. The molecule has 7 nitrogen and oxygen atoms in total. The van der Waals surface area contributed by atoms with Crippen LogP contribution >= 0.6 is 11.6 Å². The average molecular weight is 461 g/mol. The molecule has 1 aromatic carbocycles. The van der Waals surface area contributed by atoms with Crippen molar-refractivity contribution in [1.29, 1.82) is 0 Å². The summed E-state index contributed by atoms with van der Waals surface area (Å²) in [6.07, 6.45) is -6.21. The van der Waals surface area contributed by atoms with E-state index in [4.69, 9.17) is 22.1 Å². The number of Topliss-reactive ketones (excluding diaryl/α,β-unsaturated/α-hetero) is 1. The summed E-state index contributed by atoms with van der Waals surface area (Å²) < 4.78 is 48.3. The van der Waals surface area contributed by atoms with E-state index in [-0.39, 0.29) is 42.8 Å². The maximum absolute atomic E-state index is 12.9. The number of esters is 1. The van der Waals surface area contributed by atoms with E-state index < -0.39 is 41.3 Å². The topological polar surface area (TPSA) is 108 Å². The maximum Gasteiger partial charge on any atom is 0.490 e. The van der Waals surface area contributed by atoms with Crippen molar-refractivity contribution in [3.05, 3.63) is 28.8 Å². The van der Waals surface area contributed by atoms with Crippen molar-refractivity contribution in [3.63, 3.8) is 0 Å². The molecule has 3 fully saturated rings. The van der Waals surface area contributed by atoms with Crippen LogP contribution in [0.5, 0.6) is 5.75 Å². The molecule has 5 rings (SSSR count). The number of alkyl halides is 3. The highest BCUT2D eigenvalue weighted by molar-refractivity contribution is 6.31. The van der Waals surface area contributed by atoms with Gasteiger partial charge in [0.05, 0.1) is 17.5 Å². The zero-order valence-electron chi connectivity index (χ0n) is 16.3. The lowest BCUT2D eigenvalue weighted by Gasteiger charge is -2.55. The van der Waals surface area contributed by atoms with Gasteiger partial charge in [0.25, 0.3) is 5.91 Å². The Morgan fingerprint density at radius 2 is 1.90 bits per heavy atom. The number of ether oxygens (including phenoxy) is 2. The van der Waals surface area contributed by atoms with Crippen LogP contribution in [0, 0.1) is 0 Å². The van der Waals surface area contributed by atoms with Crippen LogP contribution in [0.15, 0.2) is 18.2 Å². The van der Waals surface area contributed by atoms with Crippen LogP contribution < -0.4 is 15.8 Å². The molecule has 1 heterocycles. The molecule has 168 valence electrons. The summed E-state index contributed by atoms with van der Waals surface area (Å²) >= 11 is 5.90. The van der Waals surface area contributed by atoms with Crippen LogP contribution in [0.2, 0.25) is 5.02 Å². The van der Waals surface area contributed by atoms with Crippen molar-refractivity contribution in [2.45, 2.75) is 68.0 Å². The first-order valence-electron chi connectivity index (χ1n) is 9.79. The fourth-order valence-corrected chi connectivity index (χ4v) is 4.77. The Labute approximate surface area is 180 Å². The van der Waals surface area contributed by atoms with Gasteiger partial charge in [0, 0.05) is 17.0 Å². The molecule has 0 radical (unpaired) electrons. The summed E-state index contributed by atoms with van der Waals surface area (Å²) in [5.74, 6) is -2.91. The lowest BCUT2D eigenvalue weighted by atomic mass is 9.60. The molecule has 3 N–H and O–H groups in total. The Morgan fingerprint density at radius 1 is 1.23 bits per heavy atom. The molecule has 3 saturated carbocycles. The molecule has 0 saturated heterocycles. The van der Waals surface area contributed by atoms with Gasteiger partial charge in [0.2, 0.25) is 0 Å². The molecule has 31 heavy (non-hydrogen) atoms. The Bertz CT molecular complexity index is 943. The van der Waals surface area contributed by atoms with Gasteiger partial charge in [-0.15, -0.1) is 0 Å². The van der Waals surface area contributed by atoms with Crippen LogP contribution in [0.25, 0.3) is 0 Å². The quantitative estimate of drug-likeness (QED) is 0.671. The molecule has 1 aliphatic heterocycles. The highest BCUT2D eigenvalue weighted by Crippen LogP contribution is 2.47. The van der Waals surface area contributed by atoms with Crippen LogP contribution in [-0.4, -0.2) is 47.1 Å². The highest BCUT2D eigenvalue weighted by Gasteiger charge is 2.57. The Morgan fingerprint density at radius 3 is 2.55 bits per heavy atom. The minimum absolute atomic E-state index is 0.0378. The van der Waals surface area contributed by atoms with Crippen molar-refractivity contribution in [2.75, 3.05) is 0 Å². The van der Waals surface area contributed by atoms with Gasteiger partial charge in [-0.3, -0.25) is 9.59 Å². The van der Waals surface area contributed by atoms with E-state index in [1.54, 1.807) is 0 Å². The van der Waals surface area contributed by atoms with Crippen molar-refractivity contribution in [1.82, 2.24) is 5.32 Å². The summed E-state index contributed by atoms with van der Waals surface area (Å²) in [6.45, 7) is 0. The van der Waals surface area contributed by atoms with Crippen molar-refractivity contribution >= 4 is 29.3 Å². The Kier molecular flexibility index (Phi) is 5.20. The number of fused-ring (bicyclic) bond motifs is 4. The molecule has 2 bridgehead atoms. The summed E-state index contributed by atoms with van der Waals surface area (Å²) in [4.78, 5) is 36.7. The third-order valence-electron chi connectivity index (χ3n) is 6.40. The molecule has 3 aliphatic carbocycles. The van der Waals surface area contributed by atoms with Gasteiger partial charge < -0.3 is 20.5 Å². The normalized spacial score (nSPS) is 32.1. The number of halogens is 4. The number of amides is 1. The highest BCUT2D eigenvalue weighted by atomic mass is 35.5. The zero-order valence-corrected chi connectivity index (χ0v) is 17.0. The largest absolute Gasteiger partial charge is 0.490 e. The molecule has 1 amide bonds. The van der Waals surface area contributed by atoms with Gasteiger partial charge in [-0.2, -0.15) is 13.2 Å². The molecule has 0 spiro atoms. The van der Waals surface area contributed by atoms with E-state index >= 15 is 0 Å². The van der Waals surface area contributed by atoms with Gasteiger partial charge in [-0.25, -0.2) is 4.79 Å². The first-order valence-corrected chi connectivity index (χ1v) is 10.2. The fourth-order valence-electron chi connectivity index (χ4n) is 4.59. The Hall–Kier alpha value is -2.33. The number of benzene rings is 1. The van der Waals surface area contributed by atoms with Gasteiger partial charge in [0.1, 0.15) is 11.9 Å². The Balaban J connectivity index is 1.47. The number of nitrogens with one attached hydrogen (secondary N) is 1. The predicted molar refractivity (Wildman–Crippen MR) is 102 cm³/mol. The monoisotopic (exact) mass is 460 g/mol. The second kappa shape index (κ2) is 7.37. The molecule has 2 atom stereocenters. The predicted octanol–water partition coefficient (Wildman–Crippen LogP) is 2.68. The third kappa shape index (κ3) is 4.10. The molecule has 4 aliphatic rings. The number of carbonyl (C=O) groups is 3. The van der Waals surface area contributed by atoms with Crippen LogP contribution in [0.3, 0.4) is 0 Å². The minimum Gasteiger partial charge on any atom is -0.479 e. The molecular formula is C20H20ClF3N2O5. The first-order chi connectivity index (χ1) is 14.4. The van der Waals surface area contributed by atoms with Crippen LogP contribution in [0.1, 0.15) is 48.9 Å². The second-order valence-corrected chi connectivity index (χ2v) is 8.91. The maximum atomic E-state index is 12.9. The standard InChI is InChI=1S/C20H20ClF3N2O5/c21-10-1-2-13-11(7-10)12(27)8-14(30-13)16(28)26-18-3-5-19(25,6-4-18)15(9-18)31-17(29)20(22,23)24/h1-2,7,14-15H,3-6,8-9,25H2,(H,26,28)/t14-,15-,18?,19?/m0/s1. The van der Waals surface area contributed by atoms with E-state index in [1.165, 1.54) is 18.2 Å². The summed E-state index contributed by atoms with van der Waals surface area (Å²) in [5.41, 5.74) is 4.55. The van der Waals surface area contributed by atoms with Crippen molar-refractivity contribution in [3.8, 4) is 5.75 Å². The van der Waals surface area contributed by atoms with Crippen LogP contribution in [-0.2, 0) is 14.3 Å². The number of nitrogens with two attached hydrogens (primary N) is 1. The molecular weight excluding hydrogens is 441 g/mol. The van der Waals surface area contributed by atoms with Crippen LogP contribution in [0.4, 0.5) is 13.2 Å². The number of carbonyl (C=O) groups excluding carboxylic acids is 3. The van der Waals surface area contributed by atoms with E-state index in [0.29, 0.717) is 17.9 Å². The molecule has 0 unspecified atom stereocenters. The van der Waals surface area contributed by atoms with Gasteiger partial charge in [0.15, 0.2) is 11.9 Å². The van der Waals surface area contributed by atoms with E-state index in [1.807, 2.05) is 0 Å². The second-order valence-electron chi connectivity index (χ2n) is 8.47. The van der Waals surface area contributed by atoms with E-state index in [2.05, 4.69) is 10.1 Å². The van der Waals surface area contributed by atoms with Gasteiger partial charge >= 0.3 is 12.1 Å². The number of hydrogen-bond donors (Lipinski definition) is 2. The molecule has 11 heteroatoms. The average Bonchev–Trinajstić information content (AvgIpc) is 2.69. The third-order valence-corrected chi connectivity index (χ3v) is 6.63. The number of hydrogen-bond acceptors (Lipinski definition) is 6. The fraction of sp³-hybridized carbons (Fsp3) is 0.550. The van der Waals surface area contributed by atoms with Crippen molar-refractivity contribution < 1.29 is 37.0 Å². The number of ketones is 1. The molecule has 1 aromatic rings. The summed E-state index contributed by atoms with van der Waals surface area (Å²) in [5, 5.41) is 3.21. The lowest BCUT2D eigenvalue weighted by molar-refractivity contribution is -0.213. The zero-order chi connectivity index (χ0) is 22.6. The SMILES string of the molecule is NC12CCC(NC(=O)[C@@H]3CC(=O)c4cc(Cl)ccc4O3)(CC1)C[C@@H]2OC(=O)C(F)(F)F. The summed E-state index contributed by atoms with van der Waals surface area (Å²) in [7, 11) is 0. The van der Waals surface area contributed by atoms with Crippen molar-refractivity contribution in [2.24, 2.45) is 5.73 Å². The first kappa shape index (κ1) is 21.9. The van der Waals surface area contributed by atoms with E-state index in [0.717, 1.165) is 0 Å². The smallest absolute Gasteiger partial charge is 0.479 e. The molecule has 0 aromatic heterocycles. The lowest BCUT2D eigenvalue weighted by Crippen LogP contribution is -2.70. The summed E-state index contributed by atoms with van der Waals surface area (Å²) in [6, 6.07) is 4.51. The number of rotatable bonds is 3. The van der Waals surface area contributed by atoms with Gasteiger partial charge in [-0.1, -0.05) is 11.6 Å².